The molecule has 0 amide bonds. The zero-order chi connectivity index (χ0) is 13.1. The molecule has 0 unspecified atom stereocenters. The summed E-state index contributed by atoms with van der Waals surface area (Å²) in [7, 11) is 0. The van der Waals surface area contributed by atoms with E-state index in [9.17, 15) is 9.90 Å². The van der Waals surface area contributed by atoms with Crippen molar-refractivity contribution in [2.75, 3.05) is 6.61 Å². The van der Waals surface area contributed by atoms with Crippen LogP contribution in [0.4, 0.5) is 0 Å². The van der Waals surface area contributed by atoms with Gasteiger partial charge in [-0.2, -0.15) is 0 Å². The Labute approximate surface area is 108 Å². The minimum absolute atomic E-state index is 0.175. The van der Waals surface area contributed by atoms with Gasteiger partial charge in [-0.05, 0) is 31.1 Å². The Kier molecular flexibility index (Phi) is 2.46. The molecule has 0 aromatic heterocycles. The maximum Gasteiger partial charge on any atom is 0.335 e. The smallest absolute Gasteiger partial charge is 0.335 e. The van der Waals surface area contributed by atoms with Crippen molar-refractivity contribution in [1.29, 1.82) is 0 Å². The van der Waals surface area contributed by atoms with Crippen molar-refractivity contribution < 1.29 is 14.6 Å². The number of carbonyl (C=O) groups is 1. The number of esters is 1. The van der Waals surface area contributed by atoms with E-state index in [4.69, 9.17) is 4.74 Å². The summed E-state index contributed by atoms with van der Waals surface area (Å²) in [5, 5.41) is 10.2. The predicted molar refractivity (Wildman–Crippen MR) is 67.7 cm³/mol. The summed E-state index contributed by atoms with van der Waals surface area (Å²) >= 11 is 0. The van der Waals surface area contributed by atoms with Crippen molar-refractivity contribution in [3.8, 4) is 0 Å². The number of hydrogen-bond acceptors (Lipinski definition) is 3. The van der Waals surface area contributed by atoms with Gasteiger partial charge in [0.25, 0.3) is 0 Å². The number of rotatable bonds is 0. The number of ether oxygens (including phenoxy) is 1. The van der Waals surface area contributed by atoms with E-state index >= 15 is 0 Å². The Bertz CT molecular complexity index is 462. The van der Waals surface area contributed by atoms with E-state index in [2.05, 4.69) is 20.4 Å². The lowest BCUT2D eigenvalue weighted by Gasteiger charge is -2.49. The molecule has 1 saturated carbocycles. The number of cyclic esters (lactones) is 1. The first-order valence-electron chi connectivity index (χ1n) is 6.72. The van der Waals surface area contributed by atoms with E-state index in [0.717, 1.165) is 24.0 Å². The standard InChI is InChI=1S/C15H20O3/c1-8-4-5-15(3)11(9(8)2)6-12(16)10-7-18-14(17)13(10)15/h8,11-12,16H,2,4-7H2,1,3H3/t8-,11+,12-,15+/m1/s1. The fraction of sp³-hybridized carbons (Fsp3) is 0.667. The predicted octanol–water partition coefficient (Wildman–Crippen LogP) is 2.21. The van der Waals surface area contributed by atoms with E-state index in [1.54, 1.807) is 0 Å². The van der Waals surface area contributed by atoms with Gasteiger partial charge < -0.3 is 9.84 Å². The molecule has 1 fully saturated rings. The van der Waals surface area contributed by atoms with E-state index in [1.165, 1.54) is 5.57 Å². The molecule has 1 aliphatic heterocycles. The average Bonchev–Trinajstić information content (AvgIpc) is 2.72. The highest BCUT2D eigenvalue weighted by molar-refractivity contribution is 5.94. The van der Waals surface area contributed by atoms with Crippen molar-refractivity contribution >= 4 is 5.97 Å². The third-order valence-electron chi connectivity index (χ3n) is 5.26. The van der Waals surface area contributed by atoms with Crippen molar-refractivity contribution in [2.24, 2.45) is 17.3 Å². The summed E-state index contributed by atoms with van der Waals surface area (Å²) in [6, 6.07) is 0. The van der Waals surface area contributed by atoms with Gasteiger partial charge in [0.2, 0.25) is 0 Å². The molecule has 98 valence electrons. The molecule has 3 rings (SSSR count). The molecule has 0 bridgehead atoms. The summed E-state index contributed by atoms with van der Waals surface area (Å²) in [6.07, 6.45) is 2.20. The van der Waals surface area contributed by atoms with Crippen molar-refractivity contribution in [1.82, 2.24) is 0 Å². The molecule has 2 aliphatic carbocycles. The van der Waals surface area contributed by atoms with Gasteiger partial charge >= 0.3 is 5.97 Å². The number of aliphatic hydroxyl groups is 1. The van der Waals surface area contributed by atoms with Crippen LogP contribution in [0.3, 0.4) is 0 Å². The molecular formula is C15H20O3. The fourth-order valence-electron chi connectivity index (χ4n) is 3.99. The zero-order valence-electron chi connectivity index (χ0n) is 11.0. The van der Waals surface area contributed by atoms with Crippen LogP contribution in [0.1, 0.15) is 33.1 Å². The Morgan fingerprint density at radius 2 is 2.22 bits per heavy atom. The maximum absolute atomic E-state index is 12.0. The highest BCUT2D eigenvalue weighted by Crippen LogP contribution is 2.57. The van der Waals surface area contributed by atoms with E-state index in [-0.39, 0.29) is 23.9 Å². The molecule has 18 heavy (non-hydrogen) atoms. The van der Waals surface area contributed by atoms with Crippen molar-refractivity contribution in [2.45, 2.75) is 39.2 Å². The van der Waals surface area contributed by atoms with Gasteiger partial charge in [-0.1, -0.05) is 26.0 Å². The Hall–Kier alpha value is -1.09. The maximum atomic E-state index is 12.0. The Morgan fingerprint density at radius 3 is 2.94 bits per heavy atom. The minimum atomic E-state index is -0.536. The first kappa shape index (κ1) is 12.0. The zero-order valence-corrected chi connectivity index (χ0v) is 11.0. The normalized spacial score (nSPS) is 43.6. The van der Waals surface area contributed by atoms with Gasteiger partial charge in [0.15, 0.2) is 0 Å². The van der Waals surface area contributed by atoms with Gasteiger partial charge in [0.05, 0.1) is 6.10 Å². The summed E-state index contributed by atoms with van der Waals surface area (Å²) in [6.45, 7) is 8.82. The summed E-state index contributed by atoms with van der Waals surface area (Å²) < 4.78 is 5.14. The van der Waals surface area contributed by atoms with E-state index in [0.29, 0.717) is 12.3 Å². The molecule has 1 N–H and O–H groups in total. The molecule has 0 spiro atoms. The van der Waals surface area contributed by atoms with Crippen molar-refractivity contribution in [3.63, 3.8) is 0 Å². The fourth-order valence-corrected chi connectivity index (χ4v) is 3.99. The third kappa shape index (κ3) is 1.37. The van der Waals surface area contributed by atoms with Crippen LogP contribution in [-0.2, 0) is 9.53 Å². The third-order valence-corrected chi connectivity index (χ3v) is 5.26. The number of aliphatic hydroxyl groups excluding tert-OH is 1. The molecule has 4 atom stereocenters. The van der Waals surface area contributed by atoms with Gasteiger partial charge in [-0.25, -0.2) is 4.79 Å². The van der Waals surface area contributed by atoms with Crippen LogP contribution < -0.4 is 0 Å². The lowest BCUT2D eigenvalue weighted by atomic mass is 9.54. The SMILES string of the molecule is C=C1[C@H](C)CC[C@]2(C)C3=C(COC3=O)[C@H](O)C[C@@H]12. The summed E-state index contributed by atoms with van der Waals surface area (Å²) in [5.74, 6) is 0.467. The molecule has 3 heteroatoms. The van der Waals surface area contributed by atoms with E-state index < -0.39 is 6.10 Å². The highest BCUT2D eigenvalue weighted by atomic mass is 16.5. The molecule has 0 aromatic rings. The number of allylic oxidation sites excluding steroid dienone is 1. The second kappa shape index (κ2) is 3.70. The molecule has 0 saturated heterocycles. The largest absolute Gasteiger partial charge is 0.458 e. The number of hydrogen-bond donors (Lipinski definition) is 1. The van der Waals surface area contributed by atoms with Gasteiger partial charge in [-0.15, -0.1) is 0 Å². The van der Waals surface area contributed by atoms with Crippen LogP contribution in [0.2, 0.25) is 0 Å². The quantitative estimate of drug-likeness (QED) is 0.528. The highest BCUT2D eigenvalue weighted by Gasteiger charge is 2.53. The topological polar surface area (TPSA) is 46.5 Å². The van der Waals surface area contributed by atoms with Crippen LogP contribution in [-0.4, -0.2) is 23.8 Å². The second-order valence-electron chi connectivity index (χ2n) is 6.21. The van der Waals surface area contributed by atoms with E-state index in [1.807, 2.05) is 0 Å². The van der Waals surface area contributed by atoms with Crippen LogP contribution in [0.15, 0.2) is 23.3 Å². The van der Waals surface area contributed by atoms with Crippen LogP contribution in [0.5, 0.6) is 0 Å². The average molecular weight is 248 g/mol. The van der Waals surface area contributed by atoms with Crippen LogP contribution in [0, 0.1) is 17.3 Å². The molecule has 3 nitrogen and oxygen atoms in total. The molecule has 0 aromatic carbocycles. The second-order valence-corrected chi connectivity index (χ2v) is 6.21. The Morgan fingerprint density at radius 1 is 1.50 bits per heavy atom. The lowest BCUT2D eigenvalue weighted by Crippen LogP contribution is -2.44. The van der Waals surface area contributed by atoms with Crippen molar-refractivity contribution in [3.05, 3.63) is 23.3 Å². The molecule has 3 aliphatic rings. The number of carbonyl (C=O) groups excluding carboxylic acids is 1. The van der Waals surface area contributed by atoms with Gasteiger partial charge in [0.1, 0.15) is 6.61 Å². The van der Waals surface area contributed by atoms with Crippen LogP contribution in [0.25, 0.3) is 0 Å². The van der Waals surface area contributed by atoms with Gasteiger partial charge in [0, 0.05) is 16.6 Å². The molecular weight excluding hydrogens is 228 g/mol. The summed E-state index contributed by atoms with van der Waals surface area (Å²) in [5.41, 5.74) is 2.58. The van der Waals surface area contributed by atoms with Crippen LogP contribution >= 0.6 is 0 Å². The van der Waals surface area contributed by atoms with Gasteiger partial charge in [-0.3, -0.25) is 0 Å². The monoisotopic (exact) mass is 248 g/mol. The summed E-state index contributed by atoms with van der Waals surface area (Å²) in [4.78, 5) is 12.0. The first-order chi connectivity index (χ1) is 8.45. The molecule has 1 heterocycles. The lowest BCUT2D eigenvalue weighted by molar-refractivity contribution is -0.137. The number of fused-ring (bicyclic) bond motifs is 2. The first-order valence-corrected chi connectivity index (χ1v) is 6.72. The Balaban J connectivity index is 2.10. The molecule has 0 radical (unpaired) electrons. The minimum Gasteiger partial charge on any atom is -0.458 e.